The molecule has 0 radical (unpaired) electrons. The maximum absolute atomic E-state index is 12.3. The van der Waals surface area contributed by atoms with Crippen molar-refractivity contribution in [2.45, 2.75) is 51.0 Å². The Bertz CT molecular complexity index is 742. The predicted octanol–water partition coefficient (Wildman–Crippen LogP) is 2.95. The summed E-state index contributed by atoms with van der Waals surface area (Å²) in [5.41, 5.74) is 1.96. The largest absolute Gasteiger partial charge is 0.481 e. The summed E-state index contributed by atoms with van der Waals surface area (Å²) in [7, 11) is 0. The van der Waals surface area contributed by atoms with Crippen LogP contribution in [0.3, 0.4) is 0 Å². The molecular weight excluding hydrogens is 330 g/mol. The van der Waals surface area contributed by atoms with Crippen molar-refractivity contribution in [3.63, 3.8) is 0 Å². The molecule has 1 amide bonds. The van der Waals surface area contributed by atoms with Crippen molar-refractivity contribution in [3.8, 4) is 5.69 Å². The molecule has 26 heavy (non-hydrogen) atoms. The SMILES string of the molecule is O=C(CCc1cnn(-c2ccccc2)c1)N[C@H]1CCCCC[C@H]1C(=O)O. The molecule has 6 nitrogen and oxygen atoms in total. The zero-order chi connectivity index (χ0) is 18.4. The second-order valence-corrected chi connectivity index (χ2v) is 6.89. The molecule has 138 valence electrons. The Hall–Kier alpha value is -2.63. The maximum Gasteiger partial charge on any atom is 0.308 e. The van der Waals surface area contributed by atoms with Crippen LogP contribution in [-0.4, -0.2) is 32.8 Å². The van der Waals surface area contributed by atoms with E-state index in [4.69, 9.17) is 0 Å². The second-order valence-electron chi connectivity index (χ2n) is 6.89. The number of aryl methyl sites for hydroxylation is 1. The fraction of sp³-hybridized carbons (Fsp3) is 0.450. The van der Waals surface area contributed by atoms with Gasteiger partial charge in [0, 0.05) is 18.7 Å². The fourth-order valence-electron chi connectivity index (χ4n) is 3.52. The van der Waals surface area contributed by atoms with E-state index in [1.807, 2.05) is 36.5 Å². The predicted molar refractivity (Wildman–Crippen MR) is 98.0 cm³/mol. The summed E-state index contributed by atoms with van der Waals surface area (Å²) in [6.45, 7) is 0. The highest BCUT2D eigenvalue weighted by molar-refractivity contribution is 5.78. The first kappa shape index (κ1) is 18.2. The number of carbonyl (C=O) groups is 2. The monoisotopic (exact) mass is 355 g/mol. The second kappa shape index (κ2) is 8.65. The number of nitrogens with one attached hydrogen (secondary N) is 1. The molecule has 1 fully saturated rings. The van der Waals surface area contributed by atoms with Crippen LogP contribution in [0.4, 0.5) is 0 Å². The first-order valence-corrected chi connectivity index (χ1v) is 9.24. The fourth-order valence-corrected chi connectivity index (χ4v) is 3.52. The Balaban J connectivity index is 1.54. The Morgan fingerprint density at radius 2 is 1.92 bits per heavy atom. The van der Waals surface area contributed by atoms with Gasteiger partial charge in [-0.1, -0.05) is 37.5 Å². The molecule has 0 bridgehead atoms. The van der Waals surface area contributed by atoms with Crippen LogP contribution in [0.25, 0.3) is 5.69 Å². The van der Waals surface area contributed by atoms with E-state index in [2.05, 4.69) is 10.4 Å². The van der Waals surface area contributed by atoms with Gasteiger partial charge in [0.15, 0.2) is 0 Å². The molecule has 2 N–H and O–H groups in total. The van der Waals surface area contributed by atoms with Gasteiger partial charge in [-0.05, 0) is 37.0 Å². The molecule has 1 saturated carbocycles. The van der Waals surface area contributed by atoms with E-state index in [0.717, 1.165) is 36.9 Å². The lowest BCUT2D eigenvalue weighted by Crippen LogP contribution is -2.42. The molecule has 1 aromatic heterocycles. The number of rotatable bonds is 6. The normalized spacial score (nSPS) is 20.3. The first-order valence-electron chi connectivity index (χ1n) is 9.24. The minimum Gasteiger partial charge on any atom is -0.481 e. The lowest BCUT2D eigenvalue weighted by molar-refractivity contribution is -0.143. The van der Waals surface area contributed by atoms with Gasteiger partial charge in [-0.25, -0.2) is 4.68 Å². The third kappa shape index (κ3) is 4.71. The van der Waals surface area contributed by atoms with Gasteiger partial charge in [-0.2, -0.15) is 5.10 Å². The number of hydrogen-bond donors (Lipinski definition) is 2. The average molecular weight is 355 g/mol. The van der Waals surface area contributed by atoms with Crippen molar-refractivity contribution in [1.29, 1.82) is 0 Å². The Morgan fingerprint density at radius 1 is 1.15 bits per heavy atom. The number of nitrogens with zero attached hydrogens (tertiary/aromatic N) is 2. The smallest absolute Gasteiger partial charge is 0.308 e. The topological polar surface area (TPSA) is 84.2 Å². The minimum atomic E-state index is -0.804. The summed E-state index contributed by atoms with van der Waals surface area (Å²) in [5.74, 6) is -1.36. The van der Waals surface area contributed by atoms with Gasteiger partial charge in [0.1, 0.15) is 0 Å². The number of para-hydroxylation sites is 1. The Kier molecular flexibility index (Phi) is 6.04. The summed E-state index contributed by atoms with van der Waals surface area (Å²) in [6, 6.07) is 9.56. The average Bonchev–Trinajstić information content (AvgIpc) is 3.00. The maximum atomic E-state index is 12.3. The molecule has 0 saturated heterocycles. The number of hydrogen-bond acceptors (Lipinski definition) is 3. The molecule has 2 atom stereocenters. The summed E-state index contributed by atoms with van der Waals surface area (Å²) < 4.78 is 1.79. The molecule has 1 aromatic carbocycles. The Morgan fingerprint density at radius 3 is 2.69 bits per heavy atom. The van der Waals surface area contributed by atoms with E-state index in [1.165, 1.54) is 0 Å². The van der Waals surface area contributed by atoms with Crippen molar-refractivity contribution in [2.24, 2.45) is 5.92 Å². The molecule has 6 heteroatoms. The molecule has 0 aliphatic heterocycles. The minimum absolute atomic E-state index is 0.0874. The third-order valence-electron chi connectivity index (χ3n) is 4.98. The first-order chi connectivity index (χ1) is 12.6. The van der Waals surface area contributed by atoms with Crippen LogP contribution < -0.4 is 5.32 Å². The number of carbonyl (C=O) groups excluding carboxylic acids is 1. The van der Waals surface area contributed by atoms with Crippen molar-refractivity contribution < 1.29 is 14.7 Å². The highest BCUT2D eigenvalue weighted by Crippen LogP contribution is 2.24. The van der Waals surface area contributed by atoms with Crippen LogP contribution in [0.2, 0.25) is 0 Å². The van der Waals surface area contributed by atoms with Crippen molar-refractivity contribution in [3.05, 3.63) is 48.3 Å². The highest BCUT2D eigenvalue weighted by Gasteiger charge is 2.30. The van der Waals surface area contributed by atoms with Crippen LogP contribution in [0.15, 0.2) is 42.7 Å². The standard InChI is InChI=1S/C20H25N3O3/c24-19(22-18-10-6-2-5-9-17(18)20(25)26)12-11-15-13-21-23(14-15)16-7-3-1-4-8-16/h1,3-4,7-8,13-14,17-18H,2,5-6,9-12H2,(H,22,24)(H,25,26)/t17-,18+/m1/s1. The molecule has 1 aliphatic carbocycles. The molecule has 2 aromatic rings. The number of carboxylic acid groups (broad SMARTS) is 1. The van der Waals surface area contributed by atoms with E-state index in [0.29, 0.717) is 19.3 Å². The number of carboxylic acids is 1. The van der Waals surface area contributed by atoms with Gasteiger partial charge in [0.25, 0.3) is 0 Å². The zero-order valence-corrected chi connectivity index (χ0v) is 14.8. The molecule has 0 unspecified atom stereocenters. The molecule has 1 aliphatic rings. The van der Waals surface area contributed by atoms with Crippen LogP contribution in [0.1, 0.15) is 44.1 Å². The van der Waals surface area contributed by atoms with Crippen LogP contribution in [0.5, 0.6) is 0 Å². The summed E-state index contributed by atoms with van der Waals surface area (Å²) in [4.78, 5) is 23.8. The third-order valence-corrected chi connectivity index (χ3v) is 4.98. The van der Waals surface area contributed by atoms with E-state index in [1.54, 1.807) is 10.9 Å². The van der Waals surface area contributed by atoms with Gasteiger partial charge in [0.2, 0.25) is 5.91 Å². The quantitative estimate of drug-likeness (QED) is 0.780. The molecule has 3 rings (SSSR count). The van der Waals surface area contributed by atoms with Crippen LogP contribution in [-0.2, 0) is 16.0 Å². The van der Waals surface area contributed by atoms with Gasteiger partial charge in [0.05, 0.1) is 17.8 Å². The van der Waals surface area contributed by atoms with E-state index < -0.39 is 11.9 Å². The summed E-state index contributed by atoms with van der Waals surface area (Å²) in [6.07, 6.45) is 8.93. The van der Waals surface area contributed by atoms with Crippen molar-refractivity contribution in [1.82, 2.24) is 15.1 Å². The van der Waals surface area contributed by atoms with E-state index >= 15 is 0 Å². The summed E-state index contributed by atoms with van der Waals surface area (Å²) >= 11 is 0. The van der Waals surface area contributed by atoms with Gasteiger partial charge < -0.3 is 10.4 Å². The van der Waals surface area contributed by atoms with E-state index in [9.17, 15) is 14.7 Å². The number of amides is 1. The lowest BCUT2D eigenvalue weighted by atomic mass is 9.94. The van der Waals surface area contributed by atoms with E-state index in [-0.39, 0.29) is 11.9 Å². The lowest BCUT2D eigenvalue weighted by Gasteiger charge is -2.22. The van der Waals surface area contributed by atoms with Crippen molar-refractivity contribution in [2.75, 3.05) is 0 Å². The molecular formula is C20H25N3O3. The van der Waals surface area contributed by atoms with Gasteiger partial charge in [-0.3, -0.25) is 9.59 Å². The van der Waals surface area contributed by atoms with Crippen LogP contribution in [0, 0.1) is 5.92 Å². The van der Waals surface area contributed by atoms with Crippen molar-refractivity contribution >= 4 is 11.9 Å². The van der Waals surface area contributed by atoms with Gasteiger partial charge >= 0.3 is 5.97 Å². The molecule has 1 heterocycles. The number of benzene rings is 1. The van der Waals surface area contributed by atoms with Gasteiger partial charge in [-0.15, -0.1) is 0 Å². The number of aromatic nitrogens is 2. The Labute approximate surface area is 153 Å². The van der Waals surface area contributed by atoms with Crippen LogP contribution >= 0.6 is 0 Å². The molecule has 0 spiro atoms. The highest BCUT2D eigenvalue weighted by atomic mass is 16.4. The number of aliphatic carboxylic acids is 1. The zero-order valence-electron chi connectivity index (χ0n) is 14.8. The summed E-state index contributed by atoms with van der Waals surface area (Å²) in [5, 5.41) is 16.7.